The van der Waals surface area contributed by atoms with E-state index >= 15 is 0 Å². The first-order chi connectivity index (χ1) is 12.6. The van der Waals surface area contributed by atoms with Gasteiger partial charge in [-0.3, -0.25) is 9.59 Å². The quantitative estimate of drug-likeness (QED) is 0.878. The van der Waals surface area contributed by atoms with Crippen molar-refractivity contribution in [1.29, 1.82) is 0 Å². The van der Waals surface area contributed by atoms with Crippen LogP contribution >= 0.6 is 0 Å². The molecule has 3 heterocycles. The third-order valence-corrected chi connectivity index (χ3v) is 5.21. The van der Waals surface area contributed by atoms with Crippen molar-refractivity contribution in [3.05, 3.63) is 41.6 Å². The minimum atomic E-state index is -0.799. The van der Waals surface area contributed by atoms with Crippen molar-refractivity contribution < 1.29 is 24.2 Å². The number of ether oxygens (including phenoxy) is 2. The number of pyridine rings is 1. The van der Waals surface area contributed by atoms with Gasteiger partial charge in [0.2, 0.25) is 5.91 Å². The van der Waals surface area contributed by atoms with E-state index in [1.165, 1.54) is 0 Å². The fraction of sp³-hybridized carbons (Fsp3) is 0.316. The van der Waals surface area contributed by atoms with Gasteiger partial charge in [-0.1, -0.05) is 0 Å². The predicted octanol–water partition coefficient (Wildman–Crippen LogP) is 2.71. The molecule has 132 valence electrons. The smallest absolute Gasteiger partial charge is 0.303 e. The minimum Gasteiger partial charge on any atom is -0.489 e. The number of aromatic nitrogens is 1. The summed E-state index contributed by atoms with van der Waals surface area (Å²) in [5.74, 6) is 2.02. The first-order valence-electron chi connectivity index (χ1n) is 8.58. The lowest BCUT2D eigenvalue weighted by Gasteiger charge is -2.19. The molecule has 1 aromatic heterocycles. The molecule has 2 N–H and O–H groups in total. The number of benzene rings is 1. The maximum Gasteiger partial charge on any atom is 0.303 e. The van der Waals surface area contributed by atoms with Crippen LogP contribution in [0.3, 0.4) is 0 Å². The van der Waals surface area contributed by atoms with E-state index in [4.69, 9.17) is 14.6 Å². The molecule has 0 radical (unpaired) electrons. The molecule has 26 heavy (non-hydrogen) atoms. The van der Waals surface area contributed by atoms with Crippen LogP contribution in [0.5, 0.6) is 17.2 Å². The summed E-state index contributed by atoms with van der Waals surface area (Å²) in [6, 6.07) is 7.41. The second-order valence-corrected chi connectivity index (χ2v) is 6.86. The molecular weight excluding hydrogens is 336 g/mol. The van der Waals surface area contributed by atoms with Crippen LogP contribution in [0.1, 0.15) is 29.9 Å². The average molecular weight is 352 g/mol. The molecule has 1 saturated carbocycles. The van der Waals surface area contributed by atoms with Crippen LogP contribution in [0.25, 0.3) is 0 Å². The summed E-state index contributed by atoms with van der Waals surface area (Å²) in [6.07, 6.45) is 2.70. The zero-order chi connectivity index (χ0) is 17.8. The van der Waals surface area contributed by atoms with Gasteiger partial charge in [0.1, 0.15) is 29.2 Å². The van der Waals surface area contributed by atoms with Crippen LogP contribution in [-0.2, 0) is 16.0 Å². The maximum absolute atomic E-state index is 11.5. The van der Waals surface area contributed by atoms with Crippen molar-refractivity contribution in [2.75, 3.05) is 5.32 Å². The molecule has 0 bridgehead atoms. The molecule has 2 aromatic rings. The lowest BCUT2D eigenvalue weighted by molar-refractivity contribution is -0.137. The molecule has 1 aliphatic carbocycles. The highest BCUT2D eigenvalue weighted by Gasteiger charge is 2.59. The second kappa shape index (κ2) is 5.45. The third kappa shape index (κ3) is 2.39. The summed E-state index contributed by atoms with van der Waals surface area (Å²) >= 11 is 0. The summed E-state index contributed by atoms with van der Waals surface area (Å²) in [5.41, 5.74) is 1.90. The second-order valence-electron chi connectivity index (χ2n) is 6.86. The predicted molar refractivity (Wildman–Crippen MR) is 90.6 cm³/mol. The van der Waals surface area contributed by atoms with Crippen molar-refractivity contribution >= 4 is 17.7 Å². The molecule has 7 nitrogen and oxygen atoms in total. The number of rotatable bonds is 4. The number of hydrogen-bond acceptors (Lipinski definition) is 5. The number of carboxylic acid groups (broad SMARTS) is 1. The number of carbonyl (C=O) groups is 2. The van der Waals surface area contributed by atoms with Gasteiger partial charge in [0.05, 0.1) is 6.42 Å². The number of amides is 1. The summed E-state index contributed by atoms with van der Waals surface area (Å²) in [5, 5.41) is 11.8. The Hall–Kier alpha value is -3.09. The Kier molecular flexibility index (Phi) is 3.19. The van der Waals surface area contributed by atoms with E-state index in [0.29, 0.717) is 30.2 Å². The lowest BCUT2D eigenvalue weighted by Crippen LogP contribution is -2.20. The average Bonchev–Trinajstić information content (AvgIpc) is 3.11. The topological polar surface area (TPSA) is 97.8 Å². The van der Waals surface area contributed by atoms with Gasteiger partial charge in [0.25, 0.3) is 0 Å². The van der Waals surface area contributed by atoms with Gasteiger partial charge in [0, 0.05) is 35.6 Å². The molecule has 5 rings (SSSR count). The van der Waals surface area contributed by atoms with Crippen LogP contribution < -0.4 is 14.8 Å². The highest BCUT2D eigenvalue weighted by molar-refractivity contribution is 5.93. The number of nitrogens with one attached hydrogen (secondary N) is 1. The molecule has 7 heteroatoms. The maximum atomic E-state index is 11.5. The van der Waals surface area contributed by atoms with E-state index in [1.54, 1.807) is 12.3 Å². The summed E-state index contributed by atoms with van der Waals surface area (Å²) in [4.78, 5) is 26.7. The SMILES string of the molecule is O=C(O)CC1C2Oc3ccc(Oc4ccnc5c4CCC(=O)N5)cc3C12. The fourth-order valence-corrected chi connectivity index (χ4v) is 3.94. The first-order valence-corrected chi connectivity index (χ1v) is 8.58. The molecule has 1 fully saturated rings. The summed E-state index contributed by atoms with van der Waals surface area (Å²) in [7, 11) is 0. The van der Waals surface area contributed by atoms with Crippen LogP contribution in [-0.4, -0.2) is 28.1 Å². The molecule has 0 saturated heterocycles. The number of carbonyl (C=O) groups excluding carboxylic acids is 1. The van der Waals surface area contributed by atoms with Crippen LogP contribution in [0.2, 0.25) is 0 Å². The van der Waals surface area contributed by atoms with Gasteiger partial charge in [-0.25, -0.2) is 4.98 Å². The fourth-order valence-electron chi connectivity index (χ4n) is 3.94. The van der Waals surface area contributed by atoms with E-state index in [9.17, 15) is 9.59 Å². The van der Waals surface area contributed by atoms with Gasteiger partial charge in [-0.2, -0.15) is 0 Å². The zero-order valence-electron chi connectivity index (χ0n) is 13.8. The molecule has 3 aliphatic rings. The van der Waals surface area contributed by atoms with E-state index in [2.05, 4.69) is 10.3 Å². The Balaban J connectivity index is 1.40. The number of anilines is 1. The number of fused-ring (bicyclic) bond motifs is 4. The zero-order valence-corrected chi connectivity index (χ0v) is 13.8. The van der Waals surface area contributed by atoms with Crippen LogP contribution in [0.15, 0.2) is 30.5 Å². The van der Waals surface area contributed by atoms with Crippen molar-refractivity contribution in [3.8, 4) is 17.2 Å². The monoisotopic (exact) mass is 352 g/mol. The Bertz CT molecular complexity index is 942. The highest BCUT2D eigenvalue weighted by atomic mass is 16.5. The molecular formula is C19H16N2O5. The Morgan fingerprint density at radius 3 is 3.08 bits per heavy atom. The van der Waals surface area contributed by atoms with Crippen LogP contribution in [0.4, 0.5) is 5.82 Å². The van der Waals surface area contributed by atoms with Gasteiger partial charge in [0.15, 0.2) is 0 Å². The third-order valence-electron chi connectivity index (χ3n) is 5.21. The Morgan fingerprint density at radius 1 is 1.35 bits per heavy atom. The Morgan fingerprint density at radius 2 is 2.23 bits per heavy atom. The highest BCUT2D eigenvalue weighted by Crippen LogP contribution is 2.60. The van der Waals surface area contributed by atoms with Gasteiger partial charge in [-0.15, -0.1) is 0 Å². The van der Waals surface area contributed by atoms with Gasteiger partial charge in [-0.05, 0) is 30.7 Å². The normalized spacial score (nSPS) is 24.6. The number of hydrogen-bond donors (Lipinski definition) is 2. The molecule has 1 amide bonds. The van der Waals surface area contributed by atoms with Crippen LogP contribution in [0, 0.1) is 5.92 Å². The molecule has 3 atom stereocenters. The molecule has 1 aromatic carbocycles. The lowest BCUT2D eigenvalue weighted by atomic mass is 10.1. The number of carboxylic acids is 1. The first kappa shape index (κ1) is 15.2. The summed E-state index contributed by atoms with van der Waals surface area (Å²) < 4.78 is 11.9. The standard InChI is InChI=1S/C19H16N2O5/c22-15-4-2-10-14(5-6-20-19(10)21-15)25-9-1-3-13-11(7-9)17-12(8-16(23)24)18(17)26-13/h1,3,5-7,12,17-18H,2,4,8H2,(H,23,24)(H,20,21,22). The van der Waals surface area contributed by atoms with Gasteiger partial charge < -0.3 is 19.9 Å². The number of nitrogens with zero attached hydrogens (tertiary/aromatic N) is 1. The van der Waals surface area contributed by atoms with E-state index in [0.717, 1.165) is 16.9 Å². The largest absolute Gasteiger partial charge is 0.489 e. The van der Waals surface area contributed by atoms with Crippen molar-refractivity contribution in [1.82, 2.24) is 4.98 Å². The van der Waals surface area contributed by atoms with E-state index in [-0.39, 0.29) is 30.3 Å². The molecule has 2 aliphatic heterocycles. The number of aliphatic carboxylic acids is 1. The molecule has 0 spiro atoms. The summed E-state index contributed by atoms with van der Waals surface area (Å²) in [6.45, 7) is 0. The van der Waals surface area contributed by atoms with Gasteiger partial charge >= 0.3 is 5.97 Å². The Labute approximate surface area is 149 Å². The molecule has 3 unspecified atom stereocenters. The van der Waals surface area contributed by atoms with E-state index in [1.807, 2.05) is 18.2 Å². The van der Waals surface area contributed by atoms with Crippen molar-refractivity contribution in [2.24, 2.45) is 5.92 Å². The van der Waals surface area contributed by atoms with Crippen molar-refractivity contribution in [2.45, 2.75) is 31.3 Å². The van der Waals surface area contributed by atoms with E-state index < -0.39 is 5.97 Å². The minimum absolute atomic E-state index is 0.0275. The van der Waals surface area contributed by atoms with Crippen molar-refractivity contribution in [3.63, 3.8) is 0 Å².